The maximum atomic E-state index is 7.20. The molecule has 0 spiro atoms. The van der Waals surface area contributed by atoms with Gasteiger partial charge in [0.25, 0.3) is 0 Å². The summed E-state index contributed by atoms with van der Waals surface area (Å²) < 4.78 is 0. The minimum atomic E-state index is 0.0845. The second kappa shape index (κ2) is 6.04. The molecule has 0 aliphatic heterocycles. The van der Waals surface area contributed by atoms with Crippen LogP contribution in [-0.4, -0.2) is 5.54 Å². The van der Waals surface area contributed by atoms with E-state index in [4.69, 9.17) is 5.73 Å². The van der Waals surface area contributed by atoms with E-state index in [0.29, 0.717) is 5.41 Å². The van der Waals surface area contributed by atoms with Crippen LogP contribution in [0, 0.1) is 35.0 Å². The van der Waals surface area contributed by atoms with Crippen LogP contribution in [0.4, 0.5) is 0 Å². The Hall–Kier alpha value is -0.0400. The molecule has 1 nitrogen and oxygen atoms in total. The summed E-state index contributed by atoms with van der Waals surface area (Å²) in [6.45, 7) is 4.79. The van der Waals surface area contributed by atoms with Crippen molar-refractivity contribution in [2.24, 2.45) is 40.7 Å². The molecule has 5 rings (SSSR count). The Morgan fingerprint density at radius 1 is 0.957 bits per heavy atom. The minimum Gasteiger partial charge on any atom is -0.325 e. The Morgan fingerprint density at radius 3 is 2.22 bits per heavy atom. The van der Waals surface area contributed by atoms with Gasteiger partial charge in [-0.3, -0.25) is 0 Å². The van der Waals surface area contributed by atoms with Gasteiger partial charge in [-0.25, -0.2) is 0 Å². The molecule has 5 aliphatic carbocycles. The highest BCUT2D eigenvalue weighted by molar-refractivity contribution is 5.15. The lowest BCUT2D eigenvalue weighted by Crippen LogP contribution is -2.67. The van der Waals surface area contributed by atoms with Crippen molar-refractivity contribution >= 4 is 0 Å². The average molecular weight is 318 g/mol. The van der Waals surface area contributed by atoms with Crippen LogP contribution in [0.15, 0.2) is 0 Å². The molecule has 5 aliphatic rings. The van der Waals surface area contributed by atoms with Crippen molar-refractivity contribution < 1.29 is 0 Å². The first-order valence-corrected chi connectivity index (χ1v) is 10.8. The van der Waals surface area contributed by atoms with Crippen molar-refractivity contribution in [1.29, 1.82) is 0 Å². The Balaban J connectivity index is 1.67. The summed E-state index contributed by atoms with van der Waals surface area (Å²) in [5.74, 6) is 5.07. The van der Waals surface area contributed by atoms with E-state index in [9.17, 15) is 0 Å². The monoisotopic (exact) mass is 317 g/mol. The molecule has 23 heavy (non-hydrogen) atoms. The van der Waals surface area contributed by atoms with Crippen molar-refractivity contribution in [2.45, 2.75) is 103 Å². The Labute approximate surface area is 144 Å². The quantitative estimate of drug-likeness (QED) is 0.669. The van der Waals surface area contributed by atoms with Crippen LogP contribution < -0.4 is 5.73 Å². The van der Waals surface area contributed by atoms with Crippen LogP contribution in [0.1, 0.15) is 97.3 Å². The summed E-state index contributed by atoms with van der Waals surface area (Å²) in [5, 5.41) is 0. The van der Waals surface area contributed by atoms with Crippen molar-refractivity contribution in [3.05, 3.63) is 0 Å². The van der Waals surface area contributed by atoms with Crippen LogP contribution in [0.3, 0.4) is 0 Å². The molecule has 0 aromatic rings. The van der Waals surface area contributed by atoms with E-state index in [-0.39, 0.29) is 5.54 Å². The van der Waals surface area contributed by atoms with Gasteiger partial charge in [-0.15, -0.1) is 0 Å². The molecule has 132 valence electrons. The van der Waals surface area contributed by atoms with Gasteiger partial charge in [-0.05, 0) is 80.5 Å². The van der Waals surface area contributed by atoms with Gasteiger partial charge in [0.1, 0.15) is 0 Å². The molecule has 4 atom stereocenters. The molecule has 2 N–H and O–H groups in total. The maximum Gasteiger partial charge on any atom is 0.0185 e. The average Bonchev–Trinajstić information content (AvgIpc) is 2.53. The molecular weight excluding hydrogens is 278 g/mol. The highest BCUT2D eigenvalue weighted by Gasteiger charge is 2.63. The summed E-state index contributed by atoms with van der Waals surface area (Å²) >= 11 is 0. The molecule has 0 heterocycles. The van der Waals surface area contributed by atoms with Gasteiger partial charge in [0, 0.05) is 5.54 Å². The van der Waals surface area contributed by atoms with Crippen molar-refractivity contribution in [1.82, 2.24) is 0 Å². The van der Waals surface area contributed by atoms with E-state index < -0.39 is 0 Å². The SMILES string of the molecule is CCCC[C@](C)(N)C12CC3CC(CC(C3)C1C1CCCCC1)C2. The van der Waals surface area contributed by atoms with Crippen LogP contribution in [0.2, 0.25) is 0 Å². The normalized spacial score (nSPS) is 46.0. The first kappa shape index (κ1) is 16.4. The molecule has 3 unspecified atom stereocenters. The van der Waals surface area contributed by atoms with Gasteiger partial charge in [0.15, 0.2) is 0 Å². The Kier molecular flexibility index (Phi) is 4.32. The van der Waals surface area contributed by atoms with Gasteiger partial charge in [-0.2, -0.15) is 0 Å². The van der Waals surface area contributed by atoms with Gasteiger partial charge in [0.05, 0.1) is 0 Å². The molecule has 5 saturated carbocycles. The number of nitrogens with two attached hydrogens (primary N) is 1. The van der Waals surface area contributed by atoms with Gasteiger partial charge in [-0.1, -0.05) is 51.9 Å². The second-order valence-electron chi connectivity index (χ2n) is 10.2. The highest BCUT2D eigenvalue weighted by Crippen LogP contribution is 2.69. The van der Waals surface area contributed by atoms with Gasteiger partial charge < -0.3 is 5.73 Å². The number of hydrogen-bond donors (Lipinski definition) is 1. The topological polar surface area (TPSA) is 26.0 Å². The van der Waals surface area contributed by atoms with Crippen molar-refractivity contribution in [2.75, 3.05) is 0 Å². The molecule has 0 aromatic heterocycles. The minimum absolute atomic E-state index is 0.0845. The summed E-state index contributed by atoms with van der Waals surface area (Å²) in [5.41, 5.74) is 7.78. The first-order valence-electron chi connectivity index (χ1n) is 10.8. The van der Waals surface area contributed by atoms with E-state index in [2.05, 4.69) is 13.8 Å². The zero-order valence-electron chi connectivity index (χ0n) is 15.7. The fourth-order valence-corrected chi connectivity index (χ4v) is 8.05. The first-order chi connectivity index (χ1) is 11.1. The van der Waals surface area contributed by atoms with Crippen LogP contribution in [0.25, 0.3) is 0 Å². The van der Waals surface area contributed by atoms with Crippen LogP contribution in [0.5, 0.6) is 0 Å². The third kappa shape index (κ3) is 2.60. The predicted octanol–water partition coefficient (Wildman–Crippen LogP) is 5.92. The molecule has 1 heteroatoms. The fourth-order valence-electron chi connectivity index (χ4n) is 8.05. The molecule has 0 radical (unpaired) electrons. The predicted molar refractivity (Wildman–Crippen MR) is 98.2 cm³/mol. The standard InChI is InChI=1S/C22H39N/c1-3-4-10-21(2,23)22-14-16-11-17(15-22)13-19(12-16)20(22)18-8-6-5-7-9-18/h16-20H,3-15,23H2,1-2H3/t16?,17?,19?,20?,21-,22?/m0/s1. The highest BCUT2D eigenvalue weighted by atomic mass is 14.8. The number of hydrogen-bond acceptors (Lipinski definition) is 1. The summed E-state index contributed by atoms with van der Waals surface area (Å²) in [6.07, 6.45) is 19.0. The summed E-state index contributed by atoms with van der Waals surface area (Å²) in [7, 11) is 0. The lowest BCUT2D eigenvalue weighted by molar-refractivity contribution is -0.170. The zero-order valence-corrected chi connectivity index (χ0v) is 15.7. The second-order valence-corrected chi connectivity index (χ2v) is 10.2. The molecule has 0 amide bonds. The maximum absolute atomic E-state index is 7.20. The fraction of sp³-hybridized carbons (Fsp3) is 1.00. The van der Waals surface area contributed by atoms with Gasteiger partial charge in [0.2, 0.25) is 0 Å². The smallest absolute Gasteiger partial charge is 0.0185 e. The largest absolute Gasteiger partial charge is 0.325 e. The van der Waals surface area contributed by atoms with E-state index in [1.807, 2.05) is 0 Å². The molecule has 0 saturated heterocycles. The zero-order chi connectivity index (χ0) is 16.1. The Bertz CT molecular complexity index is 404. The van der Waals surface area contributed by atoms with E-state index in [0.717, 1.165) is 29.6 Å². The third-order valence-corrected chi connectivity index (χ3v) is 8.74. The van der Waals surface area contributed by atoms with Crippen molar-refractivity contribution in [3.8, 4) is 0 Å². The number of unbranched alkanes of at least 4 members (excludes halogenated alkanes) is 1. The van der Waals surface area contributed by atoms with E-state index in [1.54, 1.807) is 19.3 Å². The number of rotatable bonds is 5. The van der Waals surface area contributed by atoms with Crippen LogP contribution >= 0.6 is 0 Å². The Morgan fingerprint density at radius 2 is 1.61 bits per heavy atom. The van der Waals surface area contributed by atoms with E-state index in [1.165, 1.54) is 64.2 Å². The molecule has 0 aromatic carbocycles. The summed E-state index contributed by atoms with van der Waals surface area (Å²) in [6, 6.07) is 0. The van der Waals surface area contributed by atoms with E-state index >= 15 is 0 Å². The summed E-state index contributed by atoms with van der Waals surface area (Å²) in [4.78, 5) is 0. The molecule has 5 fully saturated rings. The van der Waals surface area contributed by atoms with Crippen LogP contribution in [-0.2, 0) is 0 Å². The third-order valence-electron chi connectivity index (χ3n) is 8.74. The lowest BCUT2D eigenvalue weighted by Gasteiger charge is -2.68. The lowest BCUT2D eigenvalue weighted by atomic mass is 9.38. The van der Waals surface area contributed by atoms with Gasteiger partial charge >= 0.3 is 0 Å². The molecule has 4 bridgehead atoms. The molecular formula is C22H39N. The van der Waals surface area contributed by atoms with Crippen molar-refractivity contribution in [3.63, 3.8) is 0 Å².